The topological polar surface area (TPSA) is 65.1 Å². The van der Waals surface area contributed by atoms with Gasteiger partial charge in [-0.3, -0.25) is 9.59 Å². The Balaban J connectivity index is 1.92. The van der Waals surface area contributed by atoms with Crippen LogP contribution in [0.2, 0.25) is 0 Å². The molecule has 0 bridgehead atoms. The van der Waals surface area contributed by atoms with Gasteiger partial charge in [-0.1, -0.05) is 12.1 Å². The van der Waals surface area contributed by atoms with Gasteiger partial charge in [-0.25, -0.2) is 4.39 Å². The Morgan fingerprint density at radius 3 is 2.40 bits per heavy atom. The molecule has 0 spiro atoms. The summed E-state index contributed by atoms with van der Waals surface area (Å²) < 4.78 is 28.7. The summed E-state index contributed by atoms with van der Waals surface area (Å²) in [6, 6.07) is 9.05. The van der Waals surface area contributed by atoms with E-state index >= 15 is 0 Å². The quantitative estimate of drug-likeness (QED) is 0.535. The summed E-state index contributed by atoms with van der Waals surface area (Å²) in [5.74, 6) is 0.136. The molecule has 3 rings (SSSR count). The highest BCUT2D eigenvalue weighted by Gasteiger charge is 2.33. The lowest BCUT2D eigenvalue weighted by molar-refractivity contribution is -0.143. The van der Waals surface area contributed by atoms with Crippen molar-refractivity contribution in [1.82, 2.24) is 4.90 Å². The lowest BCUT2D eigenvalue weighted by Gasteiger charge is -2.36. The summed E-state index contributed by atoms with van der Waals surface area (Å²) in [6.45, 7) is 0.441. The van der Waals surface area contributed by atoms with Gasteiger partial charge in [0, 0.05) is 12.6 Å². The Kier molecular flexibility index (Phi) is 6.72. The summed E-state index contributed by atoms with van der Waals surface area (Å²) in [4.78, 5) is 26.7. The predicted molar refractivity (Wildman–Crippen MR) is 110 cm³/mol. The van der Waals surface area contributed by atoms with Crippen LogP contribution in [0.3, 0.4) is 0 Å². The molecular formula is C23H24FNO5. The van der Waals surface area contributed by atoms with E-state index in [2.05, 4.69) is 0 Å². The van der Waals surface area contributed by atoms with E-state index in [0.29, 0.717) is 30.0 Å². The number of esters is 1. The Labute approximate surface area is 174 Å². The maximum absolute atomic E-state index is 13.1. The highest BCUT2D eigenvalue weighted by atomic mass is 19.1. The van der Waals surface area contributed by atoms with E-state index in [-0.39, 0.29) is 18.1 Å². The van der Waals surface area contributed by atoms with Crippen LogP contribution in [0.1, 0.15) is 29.2 Å². The van der Waals surface area contributed by atoms with Gasteiger partial charge < -0.3 is 19.1 Å². The van der Waals surface area contributed by atoms with Crippen molar-refractivity contribution in [3.63, 3.8) is 0 Å². The van der Waals surface area contributed by atoms with Crippen LogP contribution in [0.25, 0.3) is 6.08 Å². The molecule has 1 heterocycles. The molecule has 1 unspecified atom stereocenters. The van der Waals surface area contributed by atoms with E-state index in [1.54, 1.807) is 30.2 Å². The van der Waals surface area contributed by atoms with Crippen molar-refractivity contribution in [3.05, 3.63) is 65.0 Å². The zero-order valence-corrected chi connectivity index (χ0v) is 17.2. The molecule has 1 aliphatic rings. The normalized spacial score (nSPS) is 15.6. The minimum absolute atomic E-state index is 0.0229. The number of benzene rings is 2. The predicted octanol–water partition coefficient (Wildman–Crippen LogP) is 3.55. The molecule has 30 heavy (non-hydrogen) atoms. The summed E-state index contributed by atoms with van der Waals surface area (Å²) in [7, 11) is 4.42. The smallest absolute Gasteiger partial charge is 0.307 e. The summed E-state index contributed by atoms with van der Waals surface area (Å²) in [6.07, 6.45) is 3.70. The molecule has 0 N–H and O–H groups in total. The molecule has 7 heteroatoms. The molecule has 1 atom stereocenters. The van der Waals surface area contributed by atoms with E-state index in [1.165, 1.54) is 32.4 Å². The third kappa shape index (κ3) is 4.62. The molecule has 0 fully saturated rings. The number of ether oxygens (including phenoxy) is 3. The van der Waals surface area contributed by atoms with Gasteiger partial charge in [0.25, 0.3) is 0 Å². The number of fused-ring (bicyclic) bond motifs is 1. The molecule has 6 nitrogen and oxygen atoms in total. The maximum atomic E-state index is 13.1. The number of rotatable bonds is 6. The number of hydrogen-bond donors (Lipinski definition) is 0. The molecule has 2 aromatic rings. The van der Waals surface area contributed by atoms with Gasteiger partial charge in [0.1, 0.15) is 5.82 Å². The van der Waals surface area contributed by atoms with E-state index < -0.39 is 12.0 Å². The van der Waals surface area contributed by atoms with Gasteiger partial charge in [0.05, 0.1) is 33.8 Å². The van der Waals surface area contributed by atoms with Crippen LogP contribution < -0.4 is 9.47 Å². The van der Waals surface area contributed by atoms with Gasteiger partial charge in [-0.15, -0.1) is 0 Å². The van der Waals surface area contributed by atoms with Crippen LogP contribution >= 0.6 is 0 Å². The fourth-order valence-corrected chi connectivity index (χ4v) is 3.59. The summed E-state index contributed by atoms with van der Waals surface area (Å²) in [5.41, 5.74) is 2.53. The monoisotopic (exact) mass is 413 g/mol. The maximum Gasteiger partial charge on any atom is 0.307 e. The number of hydrogen-bond acceptors (Lipinski definition) is 5. The molecule has 158 valence electrons. The van der Waals surface area contributed by atoms with Crippen molar-refractivity contribution in [3.8, 4) is 11.5 Å². The molecule has 1 aliphatic heterocycles. The van der Waals surface area contributed by atoms with Crippen molar-refractivity contribution in [2.24, 2.45) is 0 Å². The van der Waals surface area contributed by atoms with E-state index in [9.17, 15) is 14.0 Å². The van der Waals surface area contributed by atoms with Gasteiger partial charge >= 0.3 is 5.97 Å². The molecule has 1 amide bonds. The molecule has 0 saturated carbocycles. The second kappa shape index (κ2) is 9.43. The SMILES string of the molecule is COC(=O)CC1c2cc(OC)c(OC)cc2CCN1C(=O)C=Cc1ccc(F)cc1. The van der Waals surface area contributed by atoms with Crippen molar-refractivity contribution < 1.29 is 28.2 Å². The summed E-state index contributed by atoms with van der Waals surface area (Å²) >= 11 is 0. The Morgan fingerprint density at radius 2 is 1.77 bits per heavy atom. The Hall–Kier alpha value is -3.35. The largest absolute Gasteiger partial charge is 0.493 e. The fourth-order valence-electron chi connectivity index (χ4n) is 3.59. The number of nitrogens with zero attached hydrogens (tertiary/aromatic N) is 1. The van der Waals surface area contributed by atoms with Gasteiger partial charge in [-0.2, -0.15) is 0 Å². The average Bonchev–Trinajstić information content (AvgIpc) is 2.77. The van der Waals surface area contributed by atoms with Crippen LogP contribution in [-0.4, -0.2) is 44.7 Å². The molecule has 0 aromatic heterocycles. The summed E-state index contributed by atoms with van der Waals surface area (Å²) in [5, 5.41) is 0. The van der Waals surface area contributed by atoms with E-state index in [0.717, 1.165) is 11.1 Å². The zero-order chi connectivity index (χ0) is 21.7. The number of amides is 1. The van der Waals surface area contributed by atoms with Crippen molar-refractivity contribution in [1.29, 1.82) is 0 Å². The molecular weight excluding hydrogens is 389 g/mol. The third-order valence-corrected chi connectivity index (χ3v) is 5.16. The number of carbonyl (C=O) groups is 2. The van der Waals surface area contributed by atoms with Gasteiger partial charge in [0.2, 0.25) is 5.91 Å². The van der Waals surface area contributed by atoms with Crippen LogP contribution in [-0.2, 0) is 20.7 Å². The molecule has 0 radical (unpaired) electrons. The van der Waals surface area contributed by atoms with Gasteiger partial charge in [0.15, 0.2) is 11.5 Å². The first kappa shape index (κ1) is 21.4. The Morgan fingerprint density at radius 1 is 1.10 bits per heavy atom. The van der Waals surface area contributed by atoms with E-state index in [1.807, 2.05) is 12.1 Å². The molecule has 2 aromatic carbocycles. The highest BCUT2D eigenvalue weighted by Crippen LogP contribution is 2.39. The average molecular weight is 413 g/mol. The number of halogens is 1. The van der Waals surface area contributed by atoms with Crippen molar-refractivity contribution >= 4 is 18.0 Å². The standard InChI is InChI=1S/C23H24FNO5/c1-28-20-12-16-10-11-25(22(26)9-6-15-4-7-17(24)8-5-15)19(14-23(27)30-3)18(16)13-21(20)29-2/h4-9,12-13,19H,10-11,14H2,1-3H3. The third-order valence-electron chi connectivity index (χ3n) is 5.16. The number of methoxy groups -OCH3 is 3. The van der Waals surface area contributed by atoms with Gasteiger partial charge in [-0.05, 0) is 53.5 Å². The first-order valence-electron chi connectivity index (χ1n) is 9.52. The molecule has 0 aliphatic carbocycles. The highest BCUT2D eigenvalue weighted by molar-refractivity contribution is 5.92. The number of carbonyl (C=O) groups excluding carboxylic acids is 2. The minimum Gasteiger partial charge on any atom is -0.493 e. The van der Waals surface area contributed by atoms with Crippen molar-refractivity contribution in [2.45, 2.75) is 18.9 Å². The fraction of sp³-hybridized carbons (Fsp3) is 0.304. The lowest BCUT2D eigenvalue weighted by Crippen LogP contribution is -2.40. The first-order chi connectivity index (χ1) is 14.5. The van der Waals surface area contributed by atoms with Crippen LogP contribution in [0, 0.1) is 5.82 Å². The van der Waals surface area contributed by atoms with Crippen LogP contribution in [0.4, 0.5) is 4.39 Å². The second-order valence-electron chi connectivity index (χ2n) is 6.87. The Bertz CT molecular complexity index is 955. The minimum atomic E-state index is -0.494. The second-order valence-corrected chi connectivity index (χ2v) is 6.87. The van der Waals surface area contributed by atoms with Crippen LogP contribution in [0.5, 0.6) is 11.5 Å². The lowest BCUT2D eigenvalue weighted by atomic mass is 9.90. The molecule has 0 saturated heterocycles. The zero-order valence-electron chi connectivity index (χ0n) is 17.2. The van der Waals surface area contributed by atoms with Crippen molar-refractivity contribution in [2.75, 3.05) is 27.9 Å². The first-order valence-corrected chi connectivity index (χ1v) is 9.52. The van der Waals surface area contributed by atoms with Crippen LogP contribution in [0.15, 0.2) is 42.5 Å². The van der Waals surface area contributed by atoms with E-state index in [4.69, 9.17) is 14.2 Å².